The third-order valence-corrected chi connectivity index (χ3v) is 11.2. The number of hydrogen-bond donors (Lipinski definition) is 3. The molecule has 60 heavy (non-hydrogen) atoms. The number of hydrogen-bond acceptors (Lipinski definition) is 7. The van der Waals surface area contributed by atoms with Crippen molar-refractivity contribution in [3.05, 3.63) is 60.8 Å². The van der Waals surface area contributed by atoms with Gasteiger partial charge in [0.25, 0.3) is 0 Å². The van der Waals surface area contributed by atoms with Gasteiger partial charge in [-0.25, -0.2) is 4.57 Å². The second kappa shape index (κ2) is 46.2. The molecule has 3 N–H and O–H groups in total. The molecule has 0 saturated carbocycles. The Kier molecular flexibility index (Phi) is 44.5. The number of carbonyl (C=O) groups excluding carboxylic acids is 2. The number of amides is 1. The Morgan fingerprint density at radius 2 is 0.950 bits per heavy atom. The van der Waals surface area contributed by atoms with Gasteiger partial charge in [-0.2, -0.15) is 0 Å². The molecule has 0 aliphatic heterocycles. The van der Waals surface area contributed by atoms with E-state index in [0.29, 0.717) is 12.8 Å². The third kappa shape index (κ3) is 46.8. The predicted octanol–water partition coefficient (Wildman–Crippen LogP) is 14.1. The molecule has 0 fully saturated rings. The van der Waals surface area contributed by atoms with E-state index >= 15 is 0 Å². The first-order valence-electron chi connectivity index (χ1n) is 24.3. The van der Waals surface area contributed by atoms with E-state index in [2.05, 4.69) is 79.9 Å². The topological polar surface area (TPSA) is 131 Å². The molecular weight excluding hydrogens is 774 g/mol. The summed E-state index contributed by atoms with van der Waals surface area (Å²) in [5, 5.41) is 12.7. The van der Waals surface area contributed by atoms with Crippen LogP contribution in [0.15, 0.2) is 60.8 Å². The number of phosphoric acid groups is 1. The molecule has 0 radical (unpaired) electrons. The van der Waals surface area contributed by atoms with Crippen molar-refractivity contribution < 1.29 is 37.9 Å². The van der Waals surface area contributed by atoms with Crippen LogP contribution in [-0.2, 0) is 27.9 Å². The quantitative estimate of drug-likeness (QED) is 0.0239. The lowest BCUT2D eigenvalue weighted by Crippen LogP contribution is -2.27. The van der Waals surface area contributed by atoms with Crippen molar-refractivity contribution in [1.29, 1.82) is 0 Å². The number of rotatable bonds is 45. The average Bonchev–Trinajstić information content (AvgIpc) is 3.23. The number of aliphatic hydroxyl groups is 1. The average molecular weight is 864 g/mol. The smallest absolute Gasteiger partial charge is 0.463 e. The van der Waals surface area contributed by atoms with Crippen molar-refractivity contribution in [2.45, 2.75) is 219 Å². The molecule has 2 unspecified atom stereocenters. The summed E-state index contributed by atoms with van der Waals surface area (Å²) in [5.74, 6) is -0.532. The summed E-state index contributed by atoms with van der Waals surface area (Å²) in [5.41, 5.74) is 0. The number of allylic oxidation sites excluding steroid dienone is 10. The van der Waals surface area contributed by atoms with Crippen molar-refractivity contribution in [3.63, 3.8) is 0 Å². The van der Waals surface area contributed by atoms with E-state index in [1.807, 2.05) is 0 Å². The minimum Gasteiger partial charge on any atom is -0.463 e. The van der Waals surface area contributed by atoms with E-state index in [4.69, 9.17) is 13.8 Å². The van der Waals surface area contributed by atoms with Crippen LogP contribution < -0.4 is 5.32 Å². The Morgan fingerprint density at radius 1 is 0.533 bits per heavy atom. The van der Waals surface area contributed by atoms with Crippen LogP contribution >= 0.6 is 7.82 Å². The van der Waals surface area contributed by atoms with Crippen LogP contribution in [0.3, 0.4) is 0 Å². The summed E-state index contributed by atoms with van der Waals surface area (Å²) < 4.78 is 26.9. The van der Waals surface area contributed by atoms with Gasteiger partial charge < -0.3 is 20.1 Å². The summed E-state index contributed by atoms with van der Waals surface area (Å²) >= 11 is 0. The molecular formula is C50H90NO8P. The molecule has 0 aromatic carbocycles. The first-order chi connectivity index (χ1) is 29.3. The van der Waals surface area contributed by atoms with Gasteiger partial charge in [0.05, 0.1) is 13.2 Å². The summed E-state index contributed by atoms with van der Waals surface area (Å²) in [4.78, 5) is 34.0. The molecule has 348 valence electrons. The van der Waals surface area contributed by atoms with Gasteiger partial charge in [-0.1, -0.05) is 203 Å². The zero-order chi connectivity index (χ0) is 43.9. The molecule has 0 aromatic rings. The minimum absolute atomic E-state index is 0.0796. The zero-order valence-corrected chi connectivity index (χ0v) is 39.3. The fraction of sp³-hybridized carbons (Fsp3) is 0.760. The lowest BCUT2D eigenvalue weighted by molar-refractivity contribution is -0.147. The fourth-order valence-electron chi connectivity index (χ4n) is 6.58. The first kappa shape index (κ1) is 57.7. The molecule has 0 heterocycles. The maximum absolute atomic E-state index is 12.1. The molecule has 0 bridgehead atoms. The predicted molar refractivity (Wildman–Crippen MR) is 252 cm³/mol. The molecule has 0 aromatic heterocycles. The highest BCUT2D eigenvalue weighted by molar-refractivity contribution is 7.47. The van der Waals surface area contributed by atoms with Crippen molar-refractivity contribution in [2.75, 3.05) is 26.4 Å². The highest BCUT2D eigenvalue weighted by atomic mass is 31.2. The molecule has 10 heteroatoms. The van der Waals surface area contributed by atoms with Crippen LogP contribution in [0.4, 0.5) is 0 Å². The summed E-state index contributed by atoms with van der Waals surface area (Å²) in [6.07, 6.45) is 55.8. The Hall–Kier alpha value is -2.29. The lowest BCUT2D eigenvalue weighted by atomic mass is 10.0. The Balaban J connectivity index is 3.61. The maximum atomic E-state index is 12.1. The van der Waals surface area contributed by atoms with E-state index in [-0.39, 0.29) is 32.1 Å². The van der Waals surface area contributed by atoms with Crippen molar-refractivity contribution in [3.8, 4) is 0 Å². The van der Waals surface area contributed by atoms with E-state index < -0.39 is 26.5 Å². The fourth-order valence-corrected chi connectivity index (χ4v) is 7.34. The maximum Gasteiger partial charge on any atom is 0.472 e. The third-order valence-electron chi connectivity index (χ3n) is 10.2. The van der Waals surface area contributed by atoms with Gasteiger partial charge in [-0.15, -0.1) is 0 Å². The highest BCUT2D eigenvalue weighted by Crippen LogP contribution is 2.42. The number of nitrogens with one attached hydrogen (secondary N) is 1. The van der Waals surface area contributed by atoms with Gasteiger partial charge >= 0.3 is 13.8 Å². The molecule has 0 aliphatic rings. The van der Waals surface area contributed by atoms with Gasteiger partial charge in [0, 0.05) is 19.4 Å². The number of phosphoric ester groups is 1. The Bertz CT molecular complexity index is 1170. The van der Waals surface area contributed by atoms with E-state index in [9.17, 15) is 24.2 Å². The van der Waals surface area contributed by atoms with E-state index in [1.165, 1.54) is 96.3 Å². The molecule has 0 aliphatic carbocycles. The van der Waals surface area contributed by atoms with Gasteiger partial charge in [-0.05, 0) is 57.8 Å². The number of esters is 1. The first-order valence-corrected chi connectivity index (χ1v) is 25.8. The Morgan fingerprint density at radius 3 is 1.43 bits per heavy atom. The summed E-state index contributed by atoms with van der Waals surface area (Å²) in [6, 6.07) is 0. The molecule has 0 saturated heterocycles. The van der Waals surface area contributed by atoms with Gasteiger partial charge in [0.1, 0.15) is 12.7 Å². The second-order valence-electron chi connectivity index (χ2n) is 16.1. The highest BCUT2D eigenvalue weighted by Gasteiger charge is 2.23. The van der Waals surface area contributed by atoms with Crippen molar-refractivity contribution in [1.82, 2.24) is 5.32 Å². The van der Waals surface area contributed by atoms with Crippen molar-refractivity contribution >= 4 is 19.7 Å². The van der Waals surface area contributed by atoms with Crippen LogP contribution in [0.25, 0.3) is 0 Å². The molecule has 1 amide bonds. The van der Waals surface area contributed by atoms with Crippen molar-refractivity contribution in [2.24, 2.45) is 0 Å². The van der Waals surface area contributed by atoms with E-state index in [0.717, 1.165) is 83.5 Å². The molecule has 2 atom stereocenters. The molecule has 0 rings (SSSR count). The number of unbranched alkanes of at least 4 members (excludes halogenated alkanes) is 22. The van der Waals surface area contributed by atoms with E-state index in [1.54, 1.807) is 0 Å². The van der Waals surface area contributed by atoms with Crippen LogP contribution in [0.5, 0.6) is 0 Å². The number of ether oxygens (including phenoxy) is 1. The zero-order valence-electron chi connectivity index (χ0n) is 38.4. The molecule has 0 spiro atoms. The lowest BCUT2D eigenvalue weighted by Gasteiger charge is -2.15. The number of carbonyl (C=O) groups is 2. The SMILES string of the molecule is CC/C=C\C/C=C\C/C=C\C/C=C\C/C=C\CCCCCCCC(=O)OCC(O)COP(=O)(O)OCCNC(=O)CCCCCCCCCCCCCCCCCCCC. The van der Waals surface area contributed by atoms with Gasteiger partial charge in [-0.3, -0.25) is 18.6 Å². The van der Waals surface area contributed by atoms with Crippen LogP contribution in [0.2, 0.25) is 0 Å². The minimum atomic E-state index is -4.43. The Labute approximate surface area is 368 Å². The summed E-state index contributed by atoms with van der Waals surface area (Å²) in [7, 11) is -4.43. The van der Waals surface area contributed by atoms with Crippen LogP contribution in [0.1, 0.15) is 213 Å². The largest absolute Gasteiger partial charge is 0.472 e. The van der Waals surface area contributed by atoms with Crippen LogP contribution in [-0.4, -0.2) is 54.3 Å². The monoisotopic (exact) mass is 864 g/mol. The van der Waals surface area contributed by atoms with Crippen LogP contribution in [0, 0.1) is 0 Å². The standard InChI is InChI=1S/C50H90NO8P/c1-3-5-7-9-11-13-15-17-19-21-23-24-25-27-29-31-33-35-37-39-41-43-50(54)57-46-48(52)47-59-60(55,56)58-45-44-51-49(53)42-40-38-36-34-32-30-28-26-22-20-18-16-14-12-10-8-6-4-2/h5,7,11,13,17,19,23-24,27,29,48,52H,3-4,6,8-10,12,14-16,18,20-22,25-26,28,30-47H2,1-2H3,(H,51,53)(H,55,56)/b7-5-,13-11-,19-17-,24-23-,29-27-. The second-order valence-corrected chi connectivity index (χ2v) is 17.5. The van der Waals surface area contributed by atoms with Gasteiger partial charge in [0.2, 0.25) is 5.91 Å². The van der Waals surface area contributed by atoms with Gasteiger partial charge in [0.15, 0.2) is 0 Å². The number of aliphatic hydroxyl groups excluding tert-OH is 1. The normalized spacial score (nSPS) is 13.7. The molecule has 9 nitrogen and oxygen atoms in total. The summed E-state index contributed by atoms with van der Waals surface area (Å²) in [6.45, 7) is 3.44.